The fraction of sp³-hybridized carbons (Fsp3) is 0.167. The first-order valence-electron chi connectivity index (χ1n) is 5.28. The molecule has 2 rings (SSSR count). The van der Waals surface area contributed by atoms with Crippen molar-refractivity contribution in [2.45, 2.75) is 12.8 Å². The van der Waals surface area contributed by atoms with Gasteiger partial charge in [-0.3, -0.25) is 4.79 Å². The topological polar surface area (TPSA) is 66.0 Å². The zero-order chi connectivity index (χ0) is 13.1. The summed E-state index contributed by atoms with van der Waals surface area (Å²) < 4.78 is 0.647. The van der Waals surface area contributed by atoms with Crippen LogP contribution in [0.5, 0.6) is 0 Å². The molecular formula is C12H10BrClN2O2. The zero-order valence-corrected chi connectivity index (χ0v) is 11.6. The van der Waals surface area contributed by atoms with Gasteiger partial charge in [0, 0.05) is 17.0 Å². The van der Waals surface area contributed by atoms with Gasteiger partial charge >= 0.3 is 5.97 Å². The number of rotatable bonds is 4. The second kappa shape index (κ2) is 5.54. The molecule has 1 aromatic heterocycles. The number of carbonyl (C=O) groups is 1. The molecule has 0 unspecified atom stereocenters. The number of imidazole rings is 1. The van der Waals surface area contributed by atoms with E-state index in [-0.39, 0.29) is 6.42 Å². The first kappa shape index (κ1) is 13.1. The Balaban J connectivity index is 2.22. The van der Waals surface area contributed by atoms with Crippen LogP contribution >= 0.6 is 27.5 Å². The van der Waals surface area contributed by atoms with Crippen LogP contribution in [0.15, 0.2) is 28.9 Å². The highest BCUT2D eigenvalue weighted by atomic mass is 79.9. The summed E-state index contributed by atoms with van der Waals surface area (Å²) in [6, 6.07) is 7.28. The Bertz CT molecular complexity index is 566. The van der Waals surface area contributed by atoms with Crippen molar-refractivity contribution in [2.24, 2.45) is 0 Å². The third-order valence-corrected chi connectivity index (χ3v) is 3.34. The van der Waals surface area contributed by atoms with Gasteiger partial charge in [-0.1, -0.05) is 11.6 Å². The van der Waals surface area contributed by atoms with Gasteiger partial charge in [0.2, 0.25) is 0 Å². The standard InChI is InChI=1S/C12H10BrClN2O2/c13-11-9(5-6-10(17)18)15-12(16-11)7-1-3-8(14)4-2-7/h1-4H,5-6H2,(H,15,16)(H,17,18). The summed E-state index contributed by atoms with van der Waals surface area (Å²) >= 11 is 9.13. The van der Waals surface area contributed by atoms with E-state index in [0.717, 1.165) is 11.3 Å². The average Bonchev–Trinajstić information content (AvgIpc) is 2.69. The molecule has 2 N–H and O–H groups in total. The van der Waals surface area contributed by atoms with Crippen molar-refractivity contribution in [1.29, 1.82) is 0 Å². The summed E-state index contributed by atoms with van der Waals surface area (Å²) in [5.74, 6) is -0.136. The Morgan fingerprint density at radius 3 is 2.67 bits per heavy atom. The van der Waals surface area contributed by atoms with Crippen LogP contribution in [0.4, 0.5) is 0 Å². The first-order chi connectivity index (χ1) is 8.56. The molecule has 0 aliphatic heterocycles. The Kier molecular flexibility index (Phi) is 4.04. The average molecular weight is 330 g/mol. The van der Waals surface area contributed by atoms with Crippen molar-refractivity contribution in [3.8, 4) is 11.4 Å². The van der Waals surface area contributed by atoms with E-state index in [2.05, 4.69) is 25.9 Å². The number of aromatic amines is 1. The SMILES string of the molecule is O=C(O)CCc1[nH]c(-c2ccc(Cl)cc2)nc1Br. The normalized spacial score (nSPS) is 10.6. The molecule has 0 fully saturated rings. The second-order valence-electron chi connectivity index (χ2n) is 3.76. The van der Waals surface area contributed by atoms with Gasteiger partial charge in [-0.05, 0) is 40.2 Å². The Labute approximate surface area is 117 Å². The molecule has 0 spiro atoms. The van der Waals surface area contributed by atoms with Crippen molar-refractivity contribution in [1.82, 2.24) is 9.97 Å². The maximum absolute atomic E-state index is 10.5. The number of nitrogens with zero attached hydrogens (tertiary/aromatic N) is 1. The number of H-pyrrole nitrogens is 1. The van der Waals surface area contributed by atoms with Crippen LogP contribution in [0.1, 0.15) is 12.1 Å². The van der Waals surface area contributed by atoms with E-state index in [4.69, 9.17) is 16.7 Å². The van der Waals surface area contributed by atoms with E-state index in [1.807, 2.05) is 12.1 Å². The molecule has 0 aliphatic rings. The van der Waals surface area contributed by atoms with Crippen LogP contribution in [0, 0.1) is 0 Å². The monoisotopic (exact) mass is 328 g/mol. The lowest BCUT2D eigenvalue weighted by Crippen LogP contribution is -1.98. The summed E-state index contributed by atoms with van der Waals surface area (Å²) in [6.07, 6.45) is 0.483. The largest absolute Gasteiger partial charge is 0.481 e. The van der Waals surface area contributed by atoms with Gasteiger partial charge in [0.25, 0.3) is 0 Å². The Hall–Kier alpha value is -1.33. The van der Waals surface area contributed by atoms with E-state index in [1.165, 1.54) is 0 Å². The maximum atomic E-state index is 10.5. The van der Waals surface area contributed by atoms with Crippen molar-refractivity contribution in [3.05, 3.63) is 39.6 Å². The molecule has 0 bridgehead atoms. The summed E-state index contributed by atoms with van der Waals surface area (Å²) in [5, 5.41) is 9.32. The lowest BCUT2D eigenvalue weighted by atomic mass is 10.2. The lowest BCUT2D eigenvalue weighted by Gasteiger charge is -1.97. The molecule has 4 nitrogen and oxygen atoms in total. The maximum Gasteiger partial charge on any atom is 0.303 e. The summed E-state index contributed by atoms with van der Waals surface area (Å²) in [7, 11) is 0. The molecule has 18 heavy (non-hydrogen) atoms. The minimum atomic E-state index is -0.829. The van der Waals surface area contributed by atoms with Crippen LogP contribution in [-0.2, 0) is 11.2 Å². The van der Waals surface area contributed by atoms with Gasteiger partial charge in [0.05, 0.1) is 12.1 Å². The van der Waals surface area contributed by atoms with Crippen LogP contribution in [-0.4, -0.2) is 21.0 Å². The summed E-state index contributed by atoms with van der Waals surface area (Å²) in [5.41, 5.74) is 1.68. The molecule has 2 aromatic rings. The van der Waals surface area contributed by atoms with E-state index < -0.39 is 5.97 Å². The predicted molar refractivity (Wildman–Crippen MR) is 72.7 cm³/mol. The molecular weight excluding hydrogens is 320 g/mol. The molecule has 6 heteroatoms. The number of nitrogens with one attached hydrogen (secondary N) is 1. The van der Waals surface area contributed by atoms with Gasteiger partial charge < -0.3 is 10.1 Å². The van der Waals surface area contributed by atoms with Crippen molar-refractivity contribution < 1.29 is 9.90 Å². The van der Waals surface area contributed by atoms with Crippen LogP contribution in [0.3, 0.4) is 0 Å². The van der Waals surface area contributed by atoms with Crippen molar-refractivity contribution in [3.63, 3.8) is 0 Å². The fourth-order valence-electron chi connectivity index (χ4n) is 1.53. The van der Waals surface area contributed by atoms with Crippen LogP contribution in [0.2, 0.25) is 5.02 Å². The molecule has 1 heterocycles. The second-order valence-corrected chi connectivity index (χ2v) is 4.94. The Morgan fingerprint density at radius 1 is 1.39 bits per heavy atom. The van der Waals surface area contributed by atoms with Crippen molar-refractivity contribution >= 4 is 33.5 Å². The highest BCUT2D eigenvalue weighted by Gasteiger charge is 2.10. The molecule has 94 valence electrons. The number of hydrogen-bond acceptors (Lipinski definition) is 2. The van der Waals surface area contributed by atoms with Gasteiger partial charge in [-0.2, -0.15) is 0 Å². The van der Waals surface area contributed by atoms with Crippen molar-refractivity contribution in [2.75, 3.05) is 0 Å². The highest BCUT2D eigenvalue weighted by Crippen LogP contribution is 2.23. The minimum absolute atomic E-state index is 0.0703. The number of carboxylic acids is 1. The quantitative estimate of drug-likeness (QED) is 0.902. The number of carboxylic acid groups (broad SMARTS) is 1. The third-order valence-electron chi connectivity index (χ3n) is 2.43. The van der Waals surface area contributed by atoms with Gasteiger partial charge in [-0.25, -0.2) is 4.98 Å². The number of aryl methyl sites for hydroxylation is 1. The molecule has 0 aliphatic carbocycles. The van der Waals surface area contributed by atoms with E-state index in [9.17, 15) is 4.79 Å². The predicted octanol–water partition coefficient (Wildman–Crippen LogP) is 3.51. The smallest absolute Gasteiger partial charge is 0.303 e. The zero-order valence-electron chi connectivity index (χ0n) is 9.28. The molecule has 0 saturated carbocycles. The number of hydrogen-bond donors (Lipinski definition) is 2. The molecule has 0 radical (unpaired) electrons. The van der Waals surface area contributed by atoms with E-state index in [1.54, 1.807) is 12.1 Å². The van der Waals surface area contributed by atoms with Gasteiger partial charge in [-0.15, -0.1) is 0 Å². The van der Waals surface area contributed by atoms with E-state index in [0.29, 0.717) is 21.9 Å². The summed E-state index contributed by atoms with van der Waals surface area (Å²) in [4.78, 5) is 18.0. The van der Waals surface area contributed by atoms with Crippen LogP contribution in [0.25, 0.3) is 11.4 Å². The first-order valence-corrected chi connectivity index (χ1v) is 6.45. The lowest BCUT2D eigenvalue weighted by molar-refractivity contribution is -0.136. The molecule has 1 aromatic carbocycles. The molecule has 0 amide bonds. The minimum Gasteiger partial charge on any atom is -0.481 e. The van der Waals surface area contributed by atoms with Crippen LogP contribution < -0.4 is 0 Å². The third kappa shape index (κ3) is 3.11. The Morgan fingerprint density at radius 2 is 2.06 bits per heavy atom. The van der Waals surface area contributed by atoms with Gasteiger partial charge in [0.15, 0.2) is 0 Å². The highest BCUT2D eigenvalue weighted by molar-refractivity contribution is 9.10. The number of halogens is 2. The van der Waals surface area contributed by atoms with E-state index >= 15 is 0 Å². The number of aromatic nitrogens is 2. The molecule has 0 atom stereocenters. The number of aliphatic carboxylic acids is 1. The fourth-order valence-corrected chi connectivity index (χ4v) is 2.13. The number of benzene rings is 1. The molecule has 0 saturated heterocycles. The summed E-state index contributed by atoms with van der Waals surface area (Å²) in [6.45, 7) is 0. The van der Waals surface area contributed by atoms with Gasteiger partial charge in [0.1, 0.15) is 10.4 Å².